The van der Waals surface area contributed by atoms with Gasteiger partial charge in [0.05, 0.1) is 13.2 Å². The van der Waals surface area contributed by atoms with Crippen LogP contribution in [0.15, 0.2) is 30.3 Å². The number of aliphatic hydroxyl groups excluding tert-OH is 1. The van der Waals surface area contributed by atoms with Gasteiger partial charge in [0.25, 0.3) is 0 Å². The molecule has 0 aliphatic rings. The molecule has 1 aromatic rings. The topological polar surface area (TPSA) is 148 Å². The van der Waals surface area contributed by atoms with Crippen LogP contribution in [0.5, 0.6) is 0 Å². The van der Waals surface area contributed by atoms with Gasteiger partial charge in [0.15, 0.2) is 0 Å². The third-order valence-corrected chi connectivity index (χ3v) is 2.62. The average molecular weight is 385 g/mol. The monoisotopic (exact) mass is 385 g/mol. The van der Waals surface area contributed by atoms with Gasteiger partial charge < -0.3 is 29.7 Å². The maximum absolute atomic E-state index is 10.9. The Morgan fingerprint density at radius 1 is 0.963 bits per heavy atom. The summed E-state index contributed by atoms with van der Waals surface area (Å²) in [5, 5.41) is 19.3. The second-order valence-electron chi connectivity index (χ2n) is 4.72. The van der Waals surface area contributed by atoms with Gasteiger partial charge in [-0.25, -0.2) is 14.4 Å². The lowest BCUT2D eigenvalue weighted by molar-refractivity contribution is -0.168. The van der Waals surface area contributed by atoms with E-state index in [1.165, 1.54) is 0 Å². The first-order valence-electron chi connectivity index (χ1n) is 7.99. The molecule has 10 nitrogen and oxygen atoms in total. The summed E-state index contributed by atoms with van der Waals surface area (Å²) in [5.41, 5.74) is 0.850. The van der Waals surface area contributed by atoms with E-state index in [0.29, 0.717) is 0 Å². The van der Waals surface area contributed by atoms with Gasteiger partial charge in [-0.3, -0.25) is 4.79 Å². The van der Waals surface area contributed by atoms with Crippen molar-refractivity contribution in [3.05, 3.63) is 35.9 Å². The molecule has 0 heterocycles. The third-order valence-electron chi connectivity index (χ3n) is 2.62. The van der Waals surface area contributed by atoms with Crippen LogP contribution in [0.2, 0.25) is 0 Å². The summed E-state index contributed by atoms with van der Waals surface area (Å²) in [7, 11) is 0. The number of aliphatic carboxylic acids is 1. The van der Waals surface area contributed by atoms with Crippen LogP contribution in [-0.4, -0.2) is 60.1 Å². The Hall–Kier alpha value is -3.14. The quantitative estimate of drug-likeness (QED) is 0.330. The molecule has 0 aliphatic heterocycles. The Morgan fingerprint density at radius 2 is 1.48 bits per heavy atom. The lowest BCUT2D eigenvalue weighted by Gasteiger charge is -2.07. The summed E-state index contributed by atoms with van der Waals surface area (Å²) < 4.78 is 13.5. The van der Waals surface area contributed by atoms with Crippen molar-refractivity contribution >= 4 is 24.0 Å². The predicted octanol–water partition coefficient (Wildman–Crippen LogP) is 0.471. The Morgan fingerprint density at radius 3 is 1.93 bits per heavy atom. The van der Waals surface area contributed by atoms with Gasteiger partial charge in [-0.15, -0.1) is 0 Å². The van der Waals surface area contributed by atoms with Gasteiger partial charge >= 0.3 is 24.0 Å². The minimum absolute atomic E-state index is 0.120. The van der Waals surface area contributed by atoms with Crippen molar-refractivity contribution in [2.75, 3.05) is 19.8 Å². The first-order chi connectivity index (χ1) is 12.8. The Balaban J connectivity index is 0.000000516. The lowest BCUT2D eigenvalue weighted by Crippen LogP contribution is -2.33. The number of carboxylic acid groups (broad SMARTS) is 1. The van der Waals surface area contributed by atoms with Gasteiger partial charge in [-0.2, -0.15) is 0 Å². The number of ether oxygens (including phenoxy) is 3. The lowest BCUT2D eigenvalue weighted by atomic mass is 10.2. The number of alkyl carbamates (subject to hydrolysis) is 1. The molecule has 150 valence electrons. The van der Waals surface area contributed by atoms with Crippen molar-refractivity contribution in [1.82, 2.24) is 5.32 Å². The fourth-order valence-electron chi connectivity index (χ4n) is 1.46. The molecule has 1 aromatic carbocycles. The highest BCUT2D eigenvalue weighted by Gasteiger charge is 2.26. The van der Waals surface area contributed by atoms with E-state index in [4.69, 9.17) is 14.9 Å². The molecule has 0 saturated heterocycles. The standard InChI is InChI=1S/C10H11NO4.C7H12O5/c12-9(13)6-11-10(14)15-7-8-4-2-1-3-5-8;1-3-11-6(9)5(8)7(10)12-4-2/h1-5H,6-7H2,(H,11,14)(H,12,13);5,8H,3-4H2,1-2H3. The molecular weight excluding hydrogens is 362 g/mol. The van der Waals surface area contributed by atoms with E-state index in [1.54, 1.807) is 13.8 Å². The summed E-state index contributed by atoms with van der Waals surface area (Å²) >= 11 is 0. The zero-order valence-electron chi connectivity index (χ0n) is 15.0. The number of carbonyl (C=O) groups is 4. The van der Waals surface area contributed by atoms with E-state index >= 15 is 0 Å². The minimum Gasteiger partial charge on any atom is -0.480 e. The van der Waals surface area contributed by atoms with Crippen LogP contribution in [0.1, 0.15) is 19.4 Å². The fourth-order valence-corrected chi connectivity index (χ4v) is 1.46. The molecule has 0 fully saturated rings. The molecule has 1 rings (SSSR count). The Bertz CT molecular complexity index is 586. The number of hydrogen-bond acceptors (Lipinski definition) is 8. The molecule has 0 radical (unpaired) electrons. The Kier molecular flexibility index (Phi) is 12.4. The number of hydrogen-bond donors (Lipinski definition) is 3. The summed E-state index contributed by atoms with van der Waals surface area (Å²) in [6.07, 6.45) is -2.55. The van der Waals surface area contributed by atoms with Crippen molar-refractivity contribution in [2.45, 2.75) is 26.6 Å². The number of benzene rings is 1. The first kappa shape index (κ1) is 23.9. The molecule has 27 heavy (non-hydrogen) atoms. The molecule has 0 aromatic heterocycles. The van der Waals surface area contributed by atoms with Gasteiger partial charge in [-0.05, 0) is 19.4 Å². The smallest absolute Gasteiger partial charge is 0.407 e. The maximum atomic E-state index is 10.9. The predicted molar refractivity (Wildman–Crippen MR) is 91.5 cm³/mol. The summed E-state index contributed by atoms with van der Waals surface area (Å²) in [6, 6.07) is 9.13. The van der Waals surface area contributed by atoms with Crippen LogP contribution >= 0.6 is 0 Å². The van der Waals surface area contributed by atoms with Gasteiger partial charge in [0, 0.05) is 0 Å². The zero-order valence-corrected chi connectivity index (χ0v) is 15.0. The molecule has 0 unspecified atom stereocenters. The number of carboxylic acids is 1. The van der Waals surface area contributed by atoms with Crippen LogP contribution in [0.25, 0.3) is 0 Å². The second kappa shape index (κ2) is 14.1. The number of nitrogens with one attached hydrogen (secondary N) is 1. The highest BCUT2D eigenvalue weighted by molar-refractivity contribution is 5.97. The normalized spacial score (nSPS) is 9.48. The van der Waals surface area contributed by atoms with Crippen molar-refractivity contribution < 1.29 is 43.6 Å². The van der Waals surface area contributed by atoms with Crippen LogP contribution in [0.4, 0.5) is 4.79 Å². The maximum Gasteiger partial charge on any atom is 0.407 e. The number of esters is 2. The van der Waals surface area contributed by atoms with E-state index < -0.39 is 36.6 Å². The van der Waals surface area contributed by atoms with E-state index in [9.17, 15) is 19.2 Å². The largest absolute Gasteiger partial charge is 0.480 e. The molecule has 0 spiro atoms. The molecule has 10 heteroatoms. The molecule has 0 saturated carbocycles. The molecule has 1 amide bonds. The van der Waals surface area contributed by atoms with E-state index in [0.717, 1.165) is 5.56 Å². The van der Waals surface area contributed by atoms with Crippen LogP contribution in [-0.2, 0) is 35.2 Å². The summed E-state index contributed by atoms with van der Waals surface area (Å²) in [4.78, 5) is 42.4. The van der Waals surface area contributed by atoms with Gasteiger partial charge in [0.2, 0.25) is 6.10 Å². The highest BCUT2D eigenvalue weighted by atomic mass is 16.6. The number of rotatable bonds is 8. The first-order valence-corrected chi connectivity index (χ1v) is 7.99. The van der Waals surface area contributed by atoms with Crippen LogP contribution in [0.3, 0.4) is 0 Å². The highest BCUT2D eigenvalue weighted by Crippen LogP contribution is 2.00. The van der Waals surface area contributed by atoms with Gasteiger partial charge in [-0.1, -0.05) is 30.3 Å². The van der Waals surface area contributed by atoms with E-state index in [-0.39, 0.29) is 19.8 Å². The molecule has 0 aliphatic carbocycles. The number of amides is 1. The molecule has 3 N–H and O–H groups in total. The Labute approximate surface area is 156 Å². The van der Waals surface area contributed by atoms with E-state index in [1.807, 2.05) is 30.3 Å². The fraction of sp³-hybridized carbons (Fsp3) is 0.412. The van der Waals surface area contributed by atoms with E-state index in [2.05, 4.69) is 14.8 Å². The summed E-state index contributed by atoms with van der Waals surface area (Å²) in [5.74, 6) is -3.06. The van der Waals surface area contributed by atoms with Crippen molar-refractivity contribution in [3.63, 3.8) is 0 Å². The molecule has 0 atom stereocenters. The number of aliphatic hydroxyl groups is 1. The third kappa shape index (κ3) is 11.9. The zero-order chi connectivity index (χ0) is 20.7. The second-order valence-corrected chi connectivity index (χ2v) is 4.72. The van der Waals surface area contributed by atoms with Crippen LogP contribution in [0, 0.1) is 0 Å². The molecule has 0 bridgehead atoms. The average Bonchev–Trinajstić information content (AvgIpc) is 2.65. The SMILES string of the molecule is CCOC(=O)C(O)C(=O)OCC.O=C(O)CNC(=O)OCc1ccccc1. The summed E-state index contributed by atoms with van der Waals surface area (Å²) in [6.45, 7) is 3.09. The van der Waals surface area contributed by atoms with Crippen molar-refractivity contribution in [2.24, 2.45) is 0 Å². The number of carbonyl (C=O) groups excluding carboxylic acids is 3. The van der Waals surface area contributed by atoms with Gasteiger partial charge in [0.1, 0.15) is 13.2 Å². The van der Waals surface area contributed by atoms with Crippen molar-refractivity contribution in [1.29, 1.82) is 0 Å². The minimum atomic E-state index is -1.81. The molecular formula is C17H23NO9. The van der Waals surface area contributed by atoms with Crippen LogP contribution < -0.4 is 5.32 Å². The van der Waals surface area contributed by atoms with Crippen molar-refractivity contribution in [3.8, 4) is 0 Å².